The van der Waals surface area contributed by atoms with Gasteiger partial charge in [0, 0.05) is 48.7 Å². The Morgan fingerprint density at radius 3 is 1.25 bits per heavy atom. The number of hydrogen-bond donors (Lipinski definition) is 0. The zero-order valence-corrected chi connectivity index (χ0v) is 24.9. The van der Waals surface area contributed by atoms with Crippen molar-refractivity contribution in [2.24, 2.45) is 16.7 Å². The van der Waals surface area contributed by atoms with Crippen LogP contribution in [0.25, 0.3) is 0 Å². The van der Waals surface area contributed by atoms with Crippen molar-refractivity contribution in [2.75, 3.05) is 62.4 Å². The van der Waals surface area contributed by atoms with Gasteiger partial charge in [-0.1, -0.05) is 31.2 Å². The van der Waals surface area contributed by atoms with Gasteiger partial charge < -0.3 is 28.7 Å². The summed E-state index contributed by atoms with van der Waals surface area (Å²) in [4.78, 5) is 18.8. The fraction of sp³-hybridized carbons (Fsp3) is 0.606. The van der Waals surface area contributed by atoms with Gasteiger partial charge in [0.05, 0.1) is 37.3 Å². The number of hydrogen-bond acceptors (Lipinski definition) is 7. The van der Waals surface area contributed by atoms with Crippen molar-refractivity contribution >= 4 is 17.2 Å². The molecule has 2 saturated heterocycles. The molecule has 3 aliphatic rings. The summed E-state index contributed by atoms with van der Waals surface area (Å²) < 4.78 is 25.0. The van der Waals surface area contributed by atoms with Gasteiger partial charge in [0.15, 0.2) is 18.4 Å². The minimum Gasteiger partial charge on any atom is -0.372 e. The van der Waals surface area contributed by atoms with E-state index < -0.39 is 23.4 Å². The van der Waals surface area contributed by atoms with E-state index in [4.69, 9.17) is 18.9 Å². The normalized spacial score (nSPS) is 30.5. The molecule has 5 rings (SSSR count). The Hall–Kier alpha value is -2.45. The molecule has 40 heavy (non-hydrogen) atoms. The highest BCUT2D eigenvalue weighted by molar-refractivity contribution is 5.92. The number of ether oxygens (including phenoxy) is 4. The topological polar surface area (TPSA) is 60.5 Å². The standard InChI is InChI=1S/C33H46N2O5/c1-6-34(7-2)27-14-10-25(11-15-27)29-37-20-32(21-38-29)18-24(5)19-33(31(32)36)22-39-30(40-23-33)26-12-16-28(17-13-26)35(8-3)9-4/h10-17,24,29-30H,6-9,18-23H2,1-5H3. The average molecular weight is 551 g/mol. The van der Waals surface area contributed by atoms with E-state index in [1.165, 1.54) is 11.4 Å². The molecule has 0 radical (unpaired) electrons. The molecular weight excluding hydrogens is 504 g/mol. The van der Waals surface area contributed by atoms with Crippen molar-refractivity contribution in [1.82, 2.24) is 0 Å². The molecule has 7 nitrogen and oxygen atoms in total. The predicted molar refractivity (Wildman–Crippen MR) is 158 cm³/mol. The summed E-state index contributed by atoms with van der Waals surface area (Å²) in [6.45, 7) is 16.1. The second-order valence-corrected chi connectivity index (χ2v) is 11.8. The van der Waals surface area contributed by atoms with E-state index in [2.05, 4.69) is 92.9 Å². The molecule has 3 fully saturated rings. The van der Waals surface area contributed by atoms with Crippen molar-refractivity contribution in [1.29, 1.82) is 0 Å². The Morgan fingerprint density at radius 1 is 0.625 bits per heavy atom. The minimum absolute atomic E-state index is 0.170. The smallest absolute Gasteiger partial charge is 0.183 e. The van der Waals surface area contributed by atoms with E-state index in [1.807, 2.05) is 0 Å². The summed E-state index contributed by atoms with van der Waals surface area (Å²) in [5, 5.41) is 0. The molecule has 0 atom stereocenters. The van der Waals surface area contributed by atoms with Gasteiger partial charge in [0.25, 0.3) is 0 Å². The zero-order chi connectivity index (χ0) is 28.3. The predicted octanol–water partition coefficient (Wildman–Crippen LogP) is 6.14. The first-order chi connectivity index (χ1) is 19.4. The zero-order valence-electron chi connectivity index (χ0n) is 24.9. The third kappa shape index (κ3) is 5.54. The van der Waals surface area contributed by atoms with E-state index in [1.54, 1.807) is 0 Å². The molecule has 0 amide bonds. The highest BCUT2D eigenvalue weighted by Crippen LogP contribution is 2.51. The molecule has 2 aromatic rings. The van der Waals surface area contributed by atoms with Crippen LogP contribution in [0.1, 0.15) is 71.2 Å². The first kappa shape index (κ1) is 29.1. The largest absolute Gasteiger partial charge is 0.372 e. The van der Waals surface area contributed by atoms with Crippen LogP contribution in [0.3, 0.4) is 0 Å². The van der Waals surface area contributed by atoms with Gasteiger partial charge >= 0.3 is 0 Å². The third-order valence-corrected chi connectivity index (χ3v) is 9.07. The molecule has 0 bridgehead atoms. The number of Topliss-reactive ketones (excluding diaryl/α,β-unsaturated/α-hetero) is 1. The van der Waals surface area contributed by atoms with E-state index in [9.17, 15) is 4.79 Å². The maximum Gasteiger partial charge on any atom is 0.183 e. The van der Waals surface area contributed by atoms with Crippen molar-refractivity contribution < 1.29 is 23.7 Å². The Balaban J connectivity index is 1.23. The summed E-state index contributed by atoms with van der Waals surface area (Å²) in [7, 11) is 0. The Labute approximate surface area is 239 Å². The number of anilines is 2. The molecule has 0 aromatic heterocycles. The molecule has 2 spiro atoms. The Kier molecular flexibility index (Phi) is 8.86. The summed E-state index contributed by atoms with van der Waals surface area (Å²) >= 11 is 0. The maximum atomic E-state index is 14.2. The lowest BCUT2D eigenvalue weighted by molar-refractivity contribution is -0.265. The van der Waals surface area contributed by atoms with Crippen LogP contribution in [0.5, 0.6) is 0 Å². The number of carbonyl (C=O) groups is 1. The monoisotopic (exact) mass is 550 g/mol. The summed E-state index contributed by atoms with van der Waals surface area (Å²) in [6, 6.07) is 16.8. The van der Waals surface area contributed by atoms with Crippen molar-refractivity contribution in [3.63, 3.8) is 0 Å². The van der Waals surface area contributed by atoms with Crippen LogP contribution in [0.2, 0.25) is 0 Å². The Morgan fingerprint density at radius 2 is 0.950 bits per heavy atom. The highest BCUT2D eigenvalue weighted by Gasteiger charge is 2.58. The number of ketones is 1. The Bertz CT molecular complexity index is 1020. The third-order valence-electron chi connectivity index (χ3n) is 9.07. The van der Waals surface area contributed by atoms with E-state index >= 15 is 0 Å². The first-order valence-electron chi connectivity index (χ1n) is 15.1. The van der Waals surface area contributed by atoms with Gasteiger partial charge in [-0.3, -0.25) is 4.79 Å². The molecule has 2 heterocycles. The SMILES string of the molecule is CCN(CC)c1ccc(C2OCC3(CO2)CC(C)CC2(COC(c4ccc(N(CC)CC)cc4)OC2)C3=O)cc1. The van der Waals surface area contributed by atoms with E-state index in [0.717, 1.165) is 50.1 Å². The van der Waals surface area contributed by atoms with Gasteiger partial charge in [0.1, 0.15) is 0 Å². The lowest BCUT2D eigenvalue weighted by atomic mass is 9.58. The fourth-order valence-corrected chi connectivity index (χ4v) is 7.02. The second kappa shape index (κ2) is 12.2. The van der Waals surface area contributed by atoms with Gasteiger partial charge in [-0.15, -0.1) is 0 Å². The number of carbonyl (C=O) groups excluding carboxylic acids is 1. The molecule has 0 unspecified atom stereocenters. The van der Waals surface area contributed by atoms with E-state index in [-0.39, 0.29) is 5.78 Å². The fourth-order valence-electron chi connectivity index (χ4n) is 7.02. The van der Waals surface area contributed by atoms with Crippen LogP contribution in [0.15, 0.2) is 48.5 Å². The average Bonchev–Trinajstić information content (AvgIpc) is 2.99. The minimum atomic E-state index is -0.666. The van der Waals surface area contributed by atoms with Crippen molar-refractivity contribution in [3.05, 3.63) is 59.7 Å². The van der Waals surface area contributed by atoms with Crippen LogP contribution in [-0.2, 0) is 23.7 Å². The number of nitrogens with zero attached hydrogens (tertiary/aromatic N) is 2. The molecule has 1 saturated carbocycles. The van der Waals surface area contributed by atoms with Crippen LogP contribution < -0.4 is 9.80 Å². The quantitative estimate of drug-likeness (QED) is 0.391. The van der Waals surface area contributed by atoms with Crippen molar-refractivity contribution in [2.45, 2.75) is 60.0 Å². The number of benzene rings is 2. The summed E-state index contributed by atoms with van der Waals surface area (Å²) in [5.41, 5.74) is 3.01. The summed E-state index contributed by atoms with van der Waals surface area (Å²) in [5.74, 6) is 0.510. The van der Waals surface area contributed by atoms with Crippen LogP contribution in [0.4, 0.5) is 11.4 Å². The lowest BCUT2D eigenvalue weighted by Gasteiger charge is -2.52. The molecule has 2 aromatic carbocycles. The van der Waals surface area contributed by atoms with E-state index in [0.29, 0.717) is 32.3 Å². The molecule has 7 heteroatoms. The highest BCUT2D eigenvalue weighted by atomic mass is 16.7. The summed E-state index contributed by atoms with van der Waals surface area (Å²) in [6.07, 6.45) is 0.606. The van der Waals surface area contributed by atoms with Crippen LogP contribution in [-0.4, -0.2) is 58.4 Å². The molecule has 0 N–H and O–H groups in total. The molecule has 1 aliphatic carbocycles. The molecule has 218 valence electrons. The van der Waals surface area contributed by atoms with Crippen LogP contribution >= 0.6 is 0 Å². The maximum absolute atomic E-state index is 14.2. The van der Waals surface area contributed by atoms with Crippen LogP contribution in [0, 0.1) is 16.7 Å². The van der Waals surface area contributed by atoms with Gasteiger partial charge in [0.2, 0.25) is 0 Å². The van der Waals surface area contributed by atoms with Crippen molar-refractivity contribution in [3.8, 4) is 0 Å². The second-order valence-electron chi connectivity index (χ2n) is 11.8. The molecular formula is C33H46N2O5. The molecule has 2 aliphatic heterocycles. The van der Waals surface area contributed by atoms with Gasteiger partial charge in [-0.05, 0) is 70.7 Å². The first-order valence-corrected chi connectivity index (χ1v) is 15.1. The number of rotatable bonds is 8. The van der Waals surface area contributed by atoms with Gasteiger partial charge in [-0.25, -0.2) is 0 Å². The van der Waals surface area contributed by atoms with Gasteiger partial charge in [-0.2, -0.15) is 0 Å². The lowest BCUT2D eigenvalue weighted by Crippen LogP contribution is -2.60.